The van der Waals surface area contributed by atoms with Crippen molar-refractivity contribution in [3.63, 3.8) is 0 Å². The molecule has 0 saturated heterocycles. The number of carbonyl (C=O) groups excluding carboxylic acids is 2. The maximum Gasteiger partial charge on any atom is 0.247 e. The van der Waals surface area contributed by atoms with Crippen LogP contribution in [0.4, 0.5) is 0 Å². The van der Waals surface area contributed by atoms with Crippen LogP contribution in [0.25, 0.3) is 0 Å². The van der Waals surface area contributed by atoms with Gasteiger partial charge in [0.1, 0.15) is 11.8 Å². The summed E-state index contributed by atoms with van der Waals surface area (Å²) in [6.45, 7) is 4.17. The average molecular weight is 312 g/mol. The number of nitrogens with one attached hydrogen (secondary N) is 1. The van der Waals surface area contributed by atoms with Crippen molar-refractivity contribution in [1.29, 1.82) is 0 Å². The molecule has 0 saturated carbocycles. The van der Waals surface area contributed by atoms with Crippen LogP contribution in [0.3, 0.4) is 0 Å². The Kier molecular flexibility index (Phi) is 4.19. The summed E-state index contributed by atoms with van der Waals surface area (Å²) in [5.74, 6) is 0.484. The average Bonchev–Trinajstić information content (AvgIpc) is 3.04. The van der Waals surface area contributed by atoms with Crippen LogP contribution in [-0.4, -0.2) is 22.8 Å². The van der Waals surface area contributed by atoms with E-state index in [0.717, 1.165) is 11.1 Å². The second kappa shape index (κ2) is 6.28. The lowest BCUT2D eigenvalue weighted by Crippen LogP contribution is -2.50. The normalized spacial score (nSPS) is 17.3. The van der Waals surface area contributed by atoms with Gasteiger partial charge in [0.2, 0.25) is 11.8 Å². The third-order valence-corrected chi connectivity index (χ3v) is 4.08. The van der Waals surface area contributed by atoms with Crippen molar-refractivity contribution in [3.05, 3.63) is 59.5 Å². The number of hydrogen-bond donors (Lipinski definition) is 1. The van der Waals surface area contributed by atoms with Gasteiger partial charge in [-0.15, -0.1) is 0 Å². The molecule has 1 atom stereocenters. The second-order valence-electron chi connectivity index (χ2n) is 5.97. The Morgan fingerprint density at radius 3 is 2.78 bits per heavy atom. The molecule has 120 valence electrons. The molecule has 2 aromatic rings. The summed E-state index contributed by atoms with van der Waals surface area (Å²) in [5.41, 5.74) is 1.82. The molecule has 1 N–H and O–H groups in total. The lowest BCUT2D eigenvalue weighted by molar-refractivity contribution is -0.143. The zero-order valence-electron chi connectivity index (χ0n) is 13.3. The Labute approximate surface area is 135 Å². The lowest BCUT2D eigenvalue weighted by atomic mass is 9.90. The van der Waals surface area contributed by atoms with Gasteiger partial charge in [-0.3, -0.25) is 9.59 Å². The lowest BCUT2D eigenvalue weighted by Gasteiger charge is -2.38. The smallest absolute Gasteiger partial charge is 0.247 e. The van der Waals surface area contributed by atoms with Crippen LogP contribution in [0.2, 0.25) is 0 Å². The third-order valence-electron chi connectivity index (χ3n) is 4.08. The molecule has 0 unspecified atom stereocenters. The number of carbonyl (C=O) groups is 2. The number of fused-ring (bicyclic) bond motifs is 1. The topological polar surface area (TPSA) is 62.6 Å². The molecule has 1 aromatic carbocycles. The molecule has 0 spiro atoms. The van der Waals surface area contributed by atoms with E-state index in [-0.39, 0.29) is 17.9 Å². The SMILES string of the molecule is CC(C)N1C(=O)Cc2ccccc2[C@H]1C(=O)NCc1ccco1. The first-order valence-corrected chi connectivity index (χ1v) is 7.77. The Bertz CT molecular complexity index is 707. The van der Waals surface area contributed by atoms with E-state index in [1.807, 2.05) is 38.1 Å². The zero-order valence-corrected chi connectivity index (χ0v) is 13.3. The molecular formula is C18H20N2O3. The molecule has 1 aliphatic rings. The number of benzene rings is 1. The minimum atomic E-state index is -0.595. The van der Waals surface area contributed by atoms with Crippen LogP contribution in [0.1, 0.15) is 36.8 Å². The molecule has 2 amide bonds. The van der Waals surface area contributed by atoms with E-state index in [1.165, 1.54) is 0 Å². The van der Waals surface area contributed by atoms with Crippen molar-refractivity contribution in [1.82, 2.24) is 10.2 Å². The highest BCUT2D eigenvalue weighted by atomic mass is 16.3. The van der Waals surface area contributed by atoms with Crippen LogP contribution in [0.15, 0.2) is 47.1 Å². The molecule has 3 rings (SSSR count). The molecule has 5 nitrogen and oxygen atoms in total. The summed E-state index contributed by atoms with van der Waals surface area (Å²) in [6.07, 6.45) is 1.91. The van der Waals surface area contributed by atoms with Gasteiger partial charge in [-0.25, -0.2) is 0 Å². The maximum absolute atomic E-state index is 12.8. The first kappa shape index (κ1) is 15.3. The largest absolute Gasteiger partial charge is 0.467 e. The van der Waals surface area contributed by atoms with E-state index in [9.17, 15) is 9.59 Å². The van der Waals surface area contributed by atoms with E-state index in [2.05, 4.69) is 5.32 Å². The fourth-order valence-corrected chi connectivity index (χ4v) is 3.05. The number of hydrogen-bond acceptors (Lipinski definition) is 3. The van der Waals surface area contributed by atoms with Crippen LogP contribution in [0, 0.1) is 0 Å². The highest BCUT2D eigenvalue weighted by Crippen LogP contribution is 2.32. The van der Waals surface area contributed by atoms with Crippen molar-refractivity contribution in [2.24, 2.45) is 0 Å². The number of furan rings is 1. The number of nitrogens with zero attached hydrogens (tertiary/aromatic N) is 1. The van der Waals surface area contributed by atoms with Gasteiger partial charge in [0.05, 0.1) is 19.2 Å². The number of amides is 2. The van der Waals surface area contributed by atoms with Gasteiger partial charge in [0.15, 0.2) is 0 Å². The van der Waals surface area contributed by atoms with Gasteiger partial charge in [-0.1, -0.05) is 24.3 Å². The Hall–Kier alpha value is -2.56. The van der Waals surface area contributed by atoms with E-state index < -0.39 is 6.04 Å². The van der Waals surface area contributed by atoms with E-state index in [1.54, 1.807) is 23.3 Å². The number of rotatable bonds is 4. The molecule has 1 aliphatic heterocycles. The summed E-state index contributed by atoms with van der Waals surface area (Å²) >= 11 is 0. The minimum absolute atomic E-state index is 0.0168. The van der Waals surface area contributed by atoms with E-state index >= 15 is 0 Å². The molecule has 0 bridgehead atoms. The first-order valence-electron chi connectivity index (χ1n) is 7.77. The quantitative estimate of drug-likeness (QED) is 0.943. The van der Waals surface area contributed by atoms with Crippen LogP contribution in [-0.2, 0) is 22.6 Å². The van der Waals surface area contributed by atoms with E-state index in [4.69, 9.17) is 4.42 Å². The van der Waals surface area contributed by atoms with Gasteiger partial charge >= 0.3 is 0 Å². The van der Waals surface area contributed by atoms with Crippen molar-refractivity contribution < 1.29 is 14.0 Å². The fraction of sp³-hybridized carbons (Fsp3) is 0.333. The predicted molar refractivity (Wildman–Crippen MR) is 85.4 cm³/mol. The highest BCUT2D eigenvalue weighted by molar-refractivity contribution is 5.92. The predicted octanol–water partition coefficient (Wildman–Crippen LogP) is 2.43. The van der Waals surface area contributed by atoms with Crippen molar-refractivity contribution in [2.75, 3.05) is 0 Å². The van der Waals surface area contributed by atoms with Gasteiger partial charge in [0, 0.05) is 6.04 Å². The summed E-state index contributed by atoms with van der Waals surface area (Å²) in [7, 11) is 0. The minimum Gasteiger partial charge on any atom is -0.467 e. The molecule has 0 aliphatic carbocycles. The van der Waals surface area contributed by atoms with Crippen LogP contribution >= 0.6 is 0 Å². The van der Waals surface area contributed by atoms with Crippen LogP contribution in [0.5, 0.6) is 0 Å². The summed E-state index contributed by atoms with van der Waals surface area (Å²) in [5, 5.41) is 2.87. The summed E-state index contributed by atoms with van der Waals surface area (Å²) in [6, 6.07) is 10.6. The van der Waals surface area contributed by atoms with Crippen LogP contribution < -0.4 is 5.32 Å². The molecule has 5 heteroatoms. The molecular weight excluding hydrogens is 292 g/mol. The van der Waals surface area contributed by atoms with Gasteiger partial charge in [-0.05, 0) is 37.1 Å². The monoisotopic (exact) mass is 312 g/mol. The Balaban J connectivity index is 1.88. The second-order valence-corrected chi connectivity index (χ2v) is 5.97. The fourth-order valence-electron chi connectivity index (χ4n) is 3.05. The molecule has 1 aromatic heterocycles. The van der Waals surface area contributed by atoms with Gasteiger partial charge in [0.25, 0.3) is 0 Å². The molecule has 0 radical (unpaired) electrons. The zero-order chi connectivity index (χ0) is 16.4. The van der Waals surface area contributed by atoms with E-state index in [0.29, 0.717) is 18.7 Å². The molecule has 0 fully saturated rings. The molecule has 2 heterocycles. The summed E-state index contributed by atoms with van der Waals surface area (Å²) in [4.78, 5) is 26.9. The van der Waals surface area contributed by atoms with Crippen molar-refractivity contribution in [3.8, 4) is 0 Å². The van der Waals surface area contributed by atoms with Gasteiger partial charge < -0.3 is 14.6 Å². The highest BCUT2D eigenvalue weighted by Gasteiger charge is 2.38. The summed E-state index contributed by atoms with van der Waals surface area (Å²) < 4.78 is 5.24. The van der Waals surface area contributed by atoms with Crippen molar-refractivity contribution >= 4 is 11.8 Å². The third kappa shape index (κ3) is 2.99. The maximum atomic E-state index is 12.8. The molecule has 23 heavy (non-hydrogen) atoms. The van der Waals surface area contributed by atoms with Crippen molar-refractivity contribution in [2.45, 2.75) is 38.9 Å². The Morgan fingerprint density at radius 2 is 2.09 bits per heavy atom. The first-order chi connectivity index (χ1) is 11.1. The standard InChI is InChI=1S/C18H20N2O3/c1-12(2)20-16(21)10-13-6-3-4-8-15(13)17(20)18(22)19-11-14-7-5-9-23-14/h3-9,12,17H,10-11H2,1-2H3,(H,19,22)/t17-/m0/s1. The van der Waals surface area contributed by atoms with Gasteiger partial charge in [-0.2, -0.15) is 0 Å². The Morgan fingerprint density at radius 1 is 1.30 bits per heavy atom.